The average Bonchev–Trinajstić information content (AvgIpc) is 3.19. The number of H-pyrrole nitrogens is 1. The highest BCUT2D eigenvalue weighted by Crippen LogP contribution is 2.18. The van der Waals surface area contributed by atoms with Crippen LogP contribution in [0, 0.1) is 0 Å². The van der Waals surface area contributed by atoms with Gasteiger partial charge in [-0.2, -0.15) is 11.8 Å². The quantitative estimate of drug-likeness (QED) is 0.383. The first-order valence-electron chi connectivity index (χ1n) is 9.31. The molecular formula is C22H21ClN2O4S. The summed E-state index contributed by atoms with van der Waals surface area (Å²) in [6, 6.07) is 12.9. The van der Waals surface area contributed by atoms with Gasteiger partial charge >= 0.3 is 5.97 Å². The highest BCUT2D eigenvalue weighted by Gasteiger charge is 2.24. The molecule has 1 aromatic heterocycles. The van der Waals surface area contributed by atoms with Gasteiger partial charge in [0.15, 0.2) is 6.61 Å². The maximum Gasteiger partial charge on any atom is 0.329 e. The van der Waals surface area contributed by atoms with Gasteiger partial charge in [0, 0.05) is 33.2 Å². The van der Waals surface area contributed by atoms with Crippen LogP contribution in [0.4, 0.5) is 0 Å². The number of thioether (sulfide) groups is 1. The standard InChI is InChI=1S/C22H21ClN2O4S/c1-30-11-10-19(25-21(27)14-6-8-15(23)9-7-14)22(28)29-13-20(26)17-12-24-18-5-3-2-4-16(17)18/h2-9,12,19,24H,10-11,13H2,1H3,(H,25,27)/t19-/m0/s1. The van der Waals surface area contributed by atoms with Gasteiger partial charge in [-0.15, -0.1) is 0 Å². The molecule has 0 unspecified atom stereocenters. The molecule has 0 saturated carbocycles. The Morgan fingerprint density at radius 3 is 2.60 bits per heavy atom. The predicted molar refractivity (Wildman–Crippen MR) is 119 cm³/mol. The van der Waals surface area contributed by atoms with Crippen LogP contribution in [-0.2, 0) is 9.53 Å². The molecule has 6 nitrogen and oxygen atoms in total. The third kappa shape index (κ3) is 5.43. The molecule has 0 aliphatic carbocycles. The molecule has 8 heteroatoms. The second-order valence-electron chi connectivity index (χ2n) is 6.59. The molecule has 156 valence electrons. The van der Waals surface area contributed by atoms with Crippen molar-refractivity contribution in [3.8, 4) is 0 Å². The van der Waals surface area contributed by atoms with E-state index in [0.29, 0.717) is 28.3 Å². The molecule has 2 N–H and O–H groups in total. The lowest BCUT2D eigenvalue weighted by atomic mass is 10.1. The lowest BCUT2D eigenvalue weighted by Gasteiger charge is -2.17. The highest BCUT2D eigenvalue weighted by atomic mass is 35.5. The van der Waals surface area contributed by atoms with Crippen LogP contribution in [0.1, 0.15) is 27.1 Å². The zero-order chi connectivity index (χ0) is 21.5. The Morgan fingerprint density at radius 2 is 1.87 bits per heavy atom. The number of para-hydroxylation sites is 1. The maximum absolute atomic E-state index is 12.6. The molecular weight excluding hydrogens is 424 g/mol. The van der Waals surface area contributed by atoms with E-state index in [1.54, 1.807) is 42.2 Å². The number of ether oxygens (including phenoxy) is 1. The first kappa shape index (κ1) is 21.9. The summed E-state index contributed by atoms with van der Waals surface area (Å²) < 4.78 is 5.24. The van der Waals surface area contributed by atoms with Gasteiger partial charge in [-0.3, -0.25) is 9.59 Å². The number of carbonyl (C=O) groups excluding carboxylic acids is 3. The normalized spacial score (nSPS) is 11.8. The summed E-state index contributed by atoms with van der Waals surface area (Å²) in [7, 11) is 0. The average molecular weight is 445 g/mol. The van der Waals surface area contributed by atoms with Crippen LogP contribution >= 0.6 is 23.4 Å². The fraction of sp³-hybridized carbons (Fsp3) is 0.227. The smallest absolute Gasteiger partial charge is 0.329 e. The summed E-state index contributed by atoms with van der Waals surface area (Å²) in [6.07, 6.45) is 3.90. The minimum absolute atomic E-state index is 0.312. The number of rotatable bonds is 9. The van der Waals surface area contributed by atoms with Crippen LogP contribution in [0.2, 0.25) is 5.02 Å². The molecule has 0 radical (unpaired) electrons. The molecule has 3 aromatic rings. The SMILES string of the molecule is CSCC[C@H](NC(=O)c1ccc(Cl)cc1)C(=O)OCC(=O)c1c[nH]c2ccccc12. The molecule has 1 amide bonds. The summed E-state index contributed by atoms with van der Waals surface area (Å²) in [5.41, 5.74) is 1.68. The number of Topliss-reactive ketones (excluding diaryl/α,β-unsaturated/α-hetero) is 1. The van der Waals surface area contributed by atoms with Gasteiger partial charge in [-0.1, -0.05) is 29.8 Å². The number of hydrogen-bond acceptors (Lipinski definition) is 5. The number of nitrogens with one attached hydrogen (secondary N) is 2. The van der Waals surface area contributed by atoms with Gasteiger partial charge < -0.3 is 15.0 Å². The van der Waals surface area contributed by atoms with Gasteiger partial charge in [0.25, 0.3) is 5.91 Å². The van der Waals surface area contributed by atoms with Crippen molar-refractivity contribution in [2.45, 2.75) is 12.5 Å². The Morgan fingerprint density at radius 1 is 1.13 bits per heavy atom. The number of hydrogen-bond donors (Lipinski definition) is 2. The van der Waals surface area contributed by atoms with Crippen molar-refractivity contribution in [3.05, 3.63) is 70.9 Å². The van der Waals surface area contributed by atoms with Crippen molar-refractivity contribution in [1.82, 2.24) is 10.3 Å². The topological polar surface area (TPSA) is 88.3 Å². The molecule has 1 atom stereocenters. The first-order chi connectivity index (χ1) is 14.5. The third-order valence-corrected chi connectivity index (χ3v) is 5.44. The Labute approximate surface area is 183 Å². The third-order valence-electron chi connectivity index (χ3n) is 4.54. The van der Waals surface area contributed by atoms with Crippen molar-refractivity contribution >= 4 is 51.9 Å². The number of fused-ring (bicyclic) bond motifs is 1. The second kappa shape index (κ2) is 10.3. The Kier molecular flexibility index (Phi) is 7.54. The first-order valence-corrected chi connectivity index (χ1v) is 11.1. The molecule has 0 saturated heterocycles. The van der Waals surface area contributed by atoms with Gasteiger partial charge in [0.2, 0.25) is 5.78 Å². The number of aromatic nitrogens is 1. The van der Waals surface area contributed by atoms with Crippen molar-refractivity contribution in [2.75, 3.05) is 18.6 Å². The van der Waals surface area contributed by atoms with Crippen molar-refractivity contribution in [3.63, 3.8) is 0 Å². The van der Waals surface area contributed by atoms with E-state index in [0.717, 1.165) is 10.9 Å². The molecule has 0 aliphatic rings. The largest absolute Gasteiger partial charge is 0.456 e. The fourth-order valence-corrected chi connectivity index (χ4v) is 3.54. The van der Waals surface area contributed by atoms with Crippen LogP contribution < -0.4 is 5.32 Å². The zero-order valence-corrected chi connectivity index (χ0v) is 17.9. The van der Waals surface area contributed by atoms with Crippen LogP contribution in [0.5, 0.6) is 0 Å². The summed E-state index contributed by atoms with van der Waals surface area (Å²) >= 11 is 7.40. The van der Waals surface area contributed by atoms with E-state index in [9.17, 15) is 14.4 Å². The summed E-state index contributed by atoms with van der Waals surface area (Å²) in [5, 5.41) is 3.97. The lowest BCUT2D eigenvalue weighted by molar-refractivity contribution is -0.144. The predicted octanol–water partition coefficient (Wildman–Crippen LogP) is 4.10. The molecule has 0 bridgehead atoms. The molecule has 0 aliphatic heterocycles. The van der Waals surface area contributed by atoms with E-state index in [1.165, 1.54) is 0 Å². The van der Waals surface area contributed by atoms with E-state index in [-0.39, 0.29) is 5.78 Å². The lowest BCUT2D eigenvalue weighted by Crippen LogP contribution is -2.42. The van der Waals surface area contributed by atoms with Gasteiger partial charge in [-0.25, -0.2) is 4.79 Å². The fourth-order valence-electron chi connectivity index (χ4n) is 2.94. The number of aromatic amines is 1. The molecule has 30 heavy (non-hydrogen) atoms. The summed E-state index contributed by atoms with van der Waals surface area (Å²) in [5.74, 6) is -0.706. The summed E-state index contributed by atoms with van der Waals surface area (Å²) in [6.45, 7) is -0.396. The molecule has 2 aromatic carbocycles. The van der Waals surface area contributed by atoms with Crippen molar-refractivity contribution in [2.24, 2.45) is 0 Å². The Balaban J connectivity index is 1.63. The number of halogens is 1. The zero-order valence-electron chi connectivity index (χ0n) is 16.3. The maximum atomic E-state index is 12.6. The van der Waals surface area contributed by atoms with Crippen LogP contribution in [-0.4, -0.2) is 47.3 Å². The summed E-state index contributed by atoms with van der Waals surface area (Å²) in [4.78, 5) is 40.6. The second-order valence-corrected chi connectivity index (χ2v) is 8.02. The highest BCUT2D eigenvalue weighted by molar-refractivity contribution is 7.98. The Bertz CT molecular complexity index is 1050. The number of esters is 1. The van der Waals surface area contributed by atoms with Crippen molar-refractivity contribution < 1.29 is 19.1 Å². The van der Waals surface area contributed by atoms with E-state index in [4.69, 9.17) is 16.3 Å². The molecule has 3 rings (SSSR count). The van der Waals surface area contributed by atoms with Crippen LogP contribution in [0.15, 0.2) is 54.7 Å². The Hall–Kier alpha value is -2.77. The van der Waals surface area contributed by atoms with E-state index in [1.807, 2.05) is 30.5 Å². The van der Waals surface area contributed by atoms with Gasteiger partial charge in [-0.05, 0) is 48.8 Å². The number of amides is 1. The van der Waals surface area contributed by atoms with Gasteiger partial charge in [0.05, 0.1) is 0 Å². The van der Waals surface area contributed by atoms with E-state index in [2.05, 4.69) is 10.3 Å². The van der Waals surface area contributed by atoms with Crippen molar-refractivity contribution in [1.29, 1.82) is 0 Å². The van der Waals surface area contributed by atoms with E-state index < -0.39 is 24.5 Å². The number of ketones is 1. The molecule has 1 heterocycles. The van der Waals surface area contributed by atoms with Gasteiger partial charge in [0.1, 0.15) is 6.04 Å². The molecule has 0 spiro atoms. The van der Waals surface area contributed by atoms with Crippen LogP contribution in [0.3, 0.4) is 0 Å². The monoisotopic (exact) mass is 444 g/mol. The van der Waals surface area contributed by atoms with E-state index >= 15 is 0 Å². The molecule has 0 fully saturated rings. The number of carbonyl (C=O) groups is 3. The minimum Gasteiger partial charge on any atom is -0.456 e. The minimum atomic E-state index is -0.851. The number of benzene rings is 2. The van der Waals surface area contributed by atoms with Crippen LogP contribution in [0.25, 0.3) is 10.9 Å².